The number of aromatic nitrogens is 3. The molecule has 2 aromatic rings. The highest BCUT2D eigenvalue weighted by molar-refractivity contribution is 7.71. The molecule has 0 radical (unpaired) electrons. The molecular formula is C16H18F2N4OS. The lowest BCUT2D eigenvalue weighted by molar-refractivity contribution is 0.0848. The third-order valence-electron chi connectivity index (χ3n) is 4.60. The van der Waals surface area contributed by atoms with E-state index in [0.29, 0.717) is 23.3 Å². The number of rotatable bonds is 5. The highest BCUT2D eigenvalue weighted by Gasteiger charge is 2.38. The van der Waals surface area contributed by atoms with E-state index in [-0.39, 0.29) is 17.1 Å². The molecule has 24 heavy (non-hydrogen) atoms. The van der Waals surface area contributed by atoms with Crippen molar-refractivity contribution in [3.63, 3.8) is 0 Å². The summed E-state index contributed by atoms with van der Waals surface area (Å²) in [7, 11) is 1.65. The van der Waals surface area contributed by atoms with Crippen LogP contribution in [0.4, 0.5) is 8.78 Å². The Morgan fingerprint density at radius 3 is 2.75 bits per heavy atom. The number of aromatic amines is 1. The number of carbonyl (C=O) groups excluding carboxylic acids is 1. The highest BCUT2D eigenvalue weighted by atomic mass is 32.1. The van der Waals surface area contributed by atoms with Crippen molar-refractivity contribution in [2.75, 3.05) is 6.54 Å². The lowest BCUT2D eigenvalue weighted by atomic mass is 9.65. The summed E-state index contributed by atoms with van der Waals surface area (Å²) < 4.78 is 28.7. The number of hydrogen-bond donors (Lipinski definition) is 2. The molecule has 3 rings (SSSR count). The first kappa shape index (κ1) is 16.8. The first-order chi connectivity index (χ1) is 11.4. The molecule has 1 amide bonds. The van der Waals surface area contributed by atoms with Gasteiger partial charge in [0.05, 0.1) is 0 Å². The maximum absolute atomic E-state index is 13.9. The molecule has 0 atom stereocenters. The van der Waals surface area contributed by atoms with Crippen LogP contribution in [-0.4, -0.2) is 27.2 Å². The molecule has 0 aliphatic heterocycles. The van der Waals surface area contributed by atoms with Gasteiger partial charge in [-0.2, -0.15) is 0 Å². The Balaban J connectivity index is 1.67. The maximum Gasteiger partial charge on any atom is 0.288 e. The molecule has 0 saturated heterocycles. The minimum absolute atomic E-state index is 0.157. The number of carbonyl (C=O) groups is 1. The Bertz CT molecular complexity index is 826. The molecule has 0 spiro atoms. The molecule has 5 nitrogen and oxygen atoms in total. The summed E-state index contributed by atoms with van der Waals surface area (Å²) in [5, 5.41) is 6.85. The van der Waals surface area contributed by atoms with Gasteiger partial charge in [-0.05, 0) is 48.5 Å². The van der Waals surface area contributed by atoms with Crippen LogP contribution in [0.1, 0.15) is 35.4 Å². The number of H-pyrrole nitrogens is 1. The van der Waals surface area contributed by atoms with Gasteiger partial charge in [0.15, 0.2) is 4.77 Å². The quantitative estimate of drug-likeness (QED) is 0.814. The Morgan fingerprint density at radius 1 is 1.46 bits per heavy atom. The lowest BCUT2D eigenvalue weighted by Gasteiger charge is -2.42. The van der Waals surface area contributed by atoms with E-state index in [9.17, 15) is 13.6 Å². The summed E-state index contributed by atoms with van der Waals surface area (Å²) in [4.78, 5) is 14.9. The van der Waals surface area contributed by atoms with Crippen molar-refractivity contribution in [2.45, 2.75) is 25.7 Å². The van der Waals surface area contributed by atoms with Crippen LogP contribution in [-0.2, 0) is 13.5 Å². The summed E-state index contributed by atoms with van der Waals surface area (Å²) >= 11 is 4.99. The van der Waals surface area contributed by atoms with Crippen molar-refractivity contribution in [3.8, 4) is 0 Å². The predicted molar refractivity (Wildman–Crippen MR) is 87.1 cm³/mol. The Morgan fingerprint density at radius 2 is 2.21 bits per heavy atom. The number of hydrogen-bond acceptors (Lipinski definition) is 3. The Hall–Kier alpha value is -2.09. The fraction of sp³-hybridized carbons (Fsp3) is 0.438. The molecule has 0 unspecified atom stereocenters. The third kappa shape index (κ3) is 3.38. The van der Waals surface area contributed by atoms with Crippen molar-refractivity contribution in [1.82, 2.24) is 20.1 Å². The second kappa shape index (κ2) is 6.43. The molecule has 1 aromatic heterocycles. The molecule has 1 fully saturated rings. The van der Waals surface area contributed by atoms with Gasteiger partial charge in [0.25, 0.3) is 5.91 Å². The van der Waals surface area contributed by atoms with Gasteiger partial charge >= 0.3 is 0 Å². The van der Waals surface area contributed by atoms with E-state index in [2.05, 4.69) is 15.4 Å². The molecule has 1 saturated carbocycles. The van der Waals surface area contributed by atoms with Crippen LogP contribution in [0.5, 0.6) is 0 Å². The molecular weight excluding hydrogens is 334 g/mol. The summed E-state index contributed by atoms with van der Waals surface area (Å²) in [5.74, 6) is -1.31. The van der Waals surface area contributed by atoms with Crippen LogP contribution in [0.25, 0.3) is 0 Å². The van der Waals surface area contributed by atoms with Gasteiger partial charge in [-0.1, -0.05) is 12.5 Å². The Labute approximate surface area is 143 Å². The van der Waals surface area contributed by atoms with Crippen LogP contribution in [0.2, 0.25) is 0 Å². The van der Waals surface area contributed by atoms with E-state index in [1.807, 2.05) is 0 Å². The van der Waals surface area contributed by atoms with Crippen LogP contribution >= 0.6 is 12.2 Å². The van der Waals surface area contributed by atoms with Crippen LogP contribution in [0, 0.1) is 21.8 Å². The minimum Gasteiger partial charge on any atom is -0.349 e. The number of nitrogens with zero attached hydrogens (tertiary/aromatic N) is 2. The zero-order valence-corrected chi connectivity index (χ0v) is 14.1. The molecule has 1 aliphatic rings. The third-order valence-corrected chi connectivity index (χ3v) is 4.97. The maximum atomic E-state index is 13.9. The fourth-order valence-corrected chi connectivity index (χ4v) is 3.16. The molecule has 1 aromatic carbocycles. The van der Waals surface area contributed by atoms with Crippen LogP contribution in [0.3, 0.4) is 0 Å². The normalized spacial score (nSPS) is 15.8. The van der Waals surface area contributed by atoms with Crippen molar-refractivity contribution in [2.24, 2.45) is 12.5 Å². The number of aryl methyl sites for hydroxylation is 1. The summed E-state index contributed by atoms with van der Waals surface area (Å²) in [6.07, 6.45) is 3.28. The summed E-state index contributed by atoms with van der Waals surface area (Å²) in [5.41, 5.74) is 0.280. The van der Waals surface area contributed by atoms with Gasteiger partial charge in [0.2, 0.25) is 5.82 Å². The minimum atomic E-state index is -0.586. The Kier molecular flexibility index (Phi) is 4.49. The molecule has 0 bridgehead atoms. The summed E-state index contributed by atoms with van der Waals surface area (Å²) in [6.45, 7) is 0.416. The number of amides is 1. The zero-order valence-electron chi connectivity index (χ0n) is 13.2. The second-order valence-corrected chi connectivity index (χ2v) is 6.74. The largest absolute Gasteiger partial charge is 0.349 e. The molecule has 8 heteroatoms. The van der Waals surface area contributed by atoms with Gasteiger partial charge in [-0.3, -0.25) is 4.79 Å². The van der Waals surface area contributed by atoms with Crippen molar-refractivity contribution < 1.29 is 13.6 Å². The average Bonchev–Trinajstić information content (AvgIpc) is 2.83. The average molecular weight is 352 g/mol. The van der Waals surface area contributed by atoms with Gasteiger partial charge in [0, 0.05) is 19.7 Å². The number of nitrogens with one attached hydrogen (secondary N) is 2. The monoisotopic (exact) mass is 352 g/mol. The van der Waals surface area contributed by atoms with Gasteiger partial charge in [-0.15, -0.1) is 5.10 Å². The smallest absolute Gasteiger partial charge is 0.288 e. The molecule has 2 N–H and O–H groups in total. The standard InChI is InChI=1S/C16H18F2N4OS/c1-22-15(24)20-13(21-22)14(23)19-9-16(5-2-6-16)8-10-3-4-11(17)7-12(10)18/h3-4,7H,2,5-6,8-9H2,1H3,(H,19,23)(H,20,21,24). The summed E-state index contributed by atoms with van der Waals surface area (Å²) in [6, 6.07) is 3.63. The fourth-order valence-electron chi connectivity index (χ4n) is 3.02. The second-order valence-electron chi connectivity index (χ2n) is 6.35. The SMILES string of the molecule is Cn1nc(C(=O)NCC2(Cc3ccc(F)cc3F)CCC2)[nH]c1=S. The first-order valence-corrected chi connectivity index (χ1v) is 8.15. The number of halogens is 2. The predicted octanol–water partition coefficient (Wildman–Crippen LogP) is 2.90. The molecule has 1 aliphatic carbocycles. The van der Waals surface area contributed by atoms with Gasteiger partial charge in [0.1, 0.15) is 11.6 Å². The molecule has 128 valence electrons. The van der Waals surface area contributed by atoms with Crippen molar-refractivity contribution in [3.05, 3.63) is 46.0 Å². The van der Waals surface area contributed by atoms with Gasteiger partial charge in [-0.25, -0.2) is 13.5 Å². The molecule has 1 heterocycles. The highest BCUT2D eigenvalue weighted by Crippen LogP contribution is 2.43. The van der Waals surface area contributed by atoms with Gasteiger partial charge < -0.3 is 10.3 Å². The van der Waals surface area contributed by atoms with E-state index in [1.54, 1.807) is 7.05 Å². The van der Waals surface area contributed by atoms with Crippen molar-refractivity contribution >= 4 is 18.1 Å². The zero-order chi connectivity index (χ0) is 17.3. The van der Waals surface area contributed by atoms with E-state index in [1.165, 1.54) is 16.8 Å². The van der Waals surface area contributed by atoms with E-state index in [0.717, 1.165) is 25.3 Å². The van der Waals surface area contributed by atoms with E-state index >= 15 is 0 Å². The first-order valence-electron chi connectivity index (χ1n) is 7.74. The van der Waals surface area contributed by atoms with E-state index < -0.39 is 11.6 Å². The topological polar surface area (TPSA) is 62.7 Å². The lowest BCUT2D eigenvalue weighted by Crippen LogP contribution is -2.44. The van der Waals surface area contributed by atoms with E-state index in [4.69, 9.17) is 12.2 Å². The number of benzene rings is 1. The van der Waals surface area contributed by atoms with Crippen LogP contribution < -0.4 is 5.32 Å². The van der Waals surface area contributed by atoms with Crippen LogP contribution in [0.15, 0.2) is 18.2 Å². The van der Waals surface area contributed by atoms with Crippen molar-refractivity contribution in [1.29, 1.82) is 0 Å².